The van der Waals surface area contributed by atoms with Gasteiger partial charge in [-0.2, -0.15) is 0 Å². The second kappa shape index (κ2) is 8.08. The number of carbonyl (C=O) groups excluding carboxylic acids is 1. The number of amides is 1. The molecule has 0 saturated carbocycles. The molecule has 0 saturated heterocycles. The summed E-state index contributed by atoms with van der Waals surface area (Å²) in [5.41, 5.74) is 1.76. The number of benzene rings is 2. The van der Waals surface area contributed by atoms with E-state index in [0.29, 0.717) is 36.0 Å². The molecule has 0 fully saturated rings. The van der Waals surface area contributed by atoms with Crippen LogP contribution in [0.5, 0.6) is 17.2 Å². The Balaban J connectivity index is 1.83. The predicted octanol–water partition coefficient (Wildman–Crippen LogP) is 2.82. The molecule has 1 N–H and O–H groups in total. The van der Waals surface area contributed by atoms with Crippen LogP contribution < -0.4 is 19.5 Å². The SMILES string of the molecule is COc1cc(OC)cc(OCCNC(=O)c2ccc(C)cc2)c1. The molecule has 0 atom stereocenters. The summed E-state index contributed by atoms with van der Waals surface area (Å²) in [6.45, 7) is 2.75. The van der Waals surface area contributed by atoms with Crippen LogP contribution in [0.2, 0.25) is 0 Å². The van der Waals surface area contributed by atoms with E-state index in [4.69, 9.17) is 14.2 Å². The van der Waals surface area contributed by atoms with Gasteiger partial charge in [0.1, 0.15) is 23.9 Å². The molecule has 23 heavy (non-hydrogen) atoms. The molecule has 2 aromatic carbocycles. The lowest BCUT2D eigenvalue weighted by molar-refractivity contribution is 0.0947. The molecule has 5 heteroatoms. The maximum absolute atomic E-state index is 12.0. The Bertz CT molecular complexity index is 630. The van der Waals surface area contributed by atoms with Crippen molar-refractivity contribution in [3.8, 4) is 17.2 Å². The van der Waals surface area contributed by atoms with Crippen molar-refractivity contribution in [2.24, 2.45) is 0 Å². The highest BCUT2D eigenvalue weighted by atomic mass is 16.5. The first-order valence-electron chi connectivity index (χ1n) is 7.33. The summed E-state index contributed by atoms with van der Waals surface area (Å²) in [7, 11) is 3.17. The van der Waals surface area contributed by atoms with E-state index in [-0.39, 0.29) is 5.91 Å². The van der Waals surface area contributed by atoms with Gasteiger partial charge in [-0.05, 0) is 19.1 Å². The summed E-state index contributed by atoms with van der Waals surface area (Å²) in [5.74, 6) is 1.83. The molecule has 0 heterocycles. The zero-order valence-corrected chi connectivity index (χ0v) is 13.6. The first-order chi connectivity index (χ1) is 11.1. The molecular weight excluding hydrogens is 294 g/mol. The van der Waals surface area contributed by atoms with Gasteiger partial charge in [0.2, 0.25) is 0 Å². The van der Waals surface area contributed by atoms with Crippen molar-refractivity contribution >= 4 is 5.91 Å². The molecule has 1 amide bonds. The molecule has 0 aromatic heterocycles. The predicted molar refractivity (Wildman–Crippen MR) is 88.6 cm³/mol. The Labute approximate surface area is 136 Å². The molecule has 122 valence electrons. The molecule has 2 rings (SSSR count). The number of methoxy groups -OCH3 is 2. The highest BCUT2D eigenvalue weighted by molar-refractivity contribution is 5.94. The highest BCUT2D eigenvalue weighted by Gasteiger charge is 2.05. The van der Waals surface area contributed by atoms with Crippen LogP contribution >= 0.6 is 0 Å². The van der Waals surface area contributed by atoms with E-state index in [1.807, 2.05) is 19.1 Å². The van der Waals surface area contributed by atoms with Crippen LogP contribution in [-0.2, 0) is 0 Å². The highest BCUT2D eigenvalue weighted by Crippen LogP contribution is 2.27. The van der Waals surface area contributed by atoms with E-state index < -0.39 is 0 Å². The van der Waals surface area contributed by atoms with Crippen molar-refractivity contribution < 1.29 is 19.0 Å². The Hall–Kier alpha value is -2.69. The quantitative estimate of drug-likeness (QED) is 0.798. The summed E-state index contributed by atoms with van der Waals surface area (Å²) >= 11 is 0. The number of hydrogen-bond donors (Lipinski definition) is 1. The minimum Gasteiger partial charge on any atom is -0.496 e. The van der Waals surface area contributed by atoms with Crippen LogP contribution in [0.25, 0.3) is 0 Å². The van der Waals surface area contributed by atoms with E-state index in [1.54, 1.807) is 44.6 Å². The van der Waals surface area contributed by atoms with Gasteiger partial charge < -0.3 is 19.5 Å². The third-order valence-corrected chi connectivity index (χ3v) is 3.30. The van der Waals surface area contributed by atoms with Gasteiger partial charge in [-0.15, -0.1) is 0 Å². The maximum atomic E-state index is 12.0. The summed E-state index contributed by atoms with van der Waals surface area (Å²) in [6, 6.07) is 12.7. The van der Waals surface area contributed by atoms with E-state index in [9.17, 15) is 4.79 Å². The first-order valence-corrected chi connectivity index (χ1v) is 7.33. The monoisotopic (exact) mass is 315 g/mol. The fourth-order valence-corrected chi connectivity index (χ4v) is 2.01. The molecule has 2 aromatic rings. The van der Waals surface area contributed by atoms with Crippen LogP contribution in [-0.4, -0.2) is 33.3 Å². The number of ether oxygens (including phenoxy) is 3. The Morgan fingerprint density at radius 2 is 1.52 bits per heavy atom. The van der Waals surface area contributed by atoms with Crippen molar-refractivity contribution in [3.63, 3.8) is 0 Å². The van der Waals surface area contributed by atoms with Gasteiger partial charge in [-0.25, -0.2) is 0 Å². The fraction of sp³-hybridized carbons (Fsp3) is 0.278. The van der Waals surface area contributed by atoms with E-state index in [2.05, 4.69) is 5.32 Å². The zero-order valence-electron chi connectivity index (χ0n) is 13.6. The van der Waals surface area contributed by atoms with E-state index >= 15 is 0 Å². The zero-order chi connectivity index (χ0) is 16.7. The van der Waals surface area contributed by atoms with Crippen LogP contribution in [0.4, 0.5) is 0 Å². The van der Waals surface area contributed by atoms with Crippen LogP contribution in [0.15, 0.2) is 42.5 Å². The number of carbonyl (C=O) groups is 1. The van der Waals surface area contributed by atoms with Gasteiger partial charge in [-0.1, -0.05) is 17.7 Å². The number of nitrogens with one attached hydrogen (secondary N) is 1. The van der Waals surface area contributed by atoms with Crippen molar-refractivity contribution in [2.45, 2.75) is 6.92 Å². The molecule has 0 spiro atoms. The average Bonchev–Trinajstić information content (AvgIpc) is 2.58. The molecular formula is C18H21NO4. The van der Waals surface area contributed by atoms with Crippen LogP contribution in [0.1, 0.15) is 15.9 Å². The van der Waals surface area contributed by atoms with Gasteiger partial charge >= 0.3 is 0 Å². The molecule has 0 aliphatic rings. The smallest absolute Gasteiger partial charge is 0.251 e. The lowest BCUT2D eigenvalue weighted by atomic mass is 10.1. The molecule has 0 bridgehead atoms. The third kappa shape index (κ3) is 4.92. The second-order valence-corrected chi connectivity index (χ2v) is 5.02. The average molecular weight is 315 g/mol. The standard InChI is InChI=1S/C18H21NO4/c1-13-4-6-14(7-5-13)18(20)19-8-9-23-17-11-15(21-2)10-16(12-17)22-3/h4-7,10-12H,8-9H2,1-3H3,(H,19,20). The normalized spacial score (nSPS) is 10.0. The van der Waals surface area contributed by atoms with Gasteiger partial charge in [-0.3, -0.25) is 4.79 Å². The second-order valence-electron chi connectivity index (χ2n) is 5.02. The van der Waals surface area contributed by atoms with E-state index in [1.165, 1.54) is 0 Å². The molecule has 5 nitrogen and oxygen atoms in total. The lowest BCUT2D eigenvalue weighted by Crippen LogP contribution is -2.28. The summed E-state index contributed by atoms with van der Waals surface area (Å²) in [6.07, 6.45) is 0. The number of rotatable bonds is 7. The molecule has 0 unspecified atom stereocenters. The molecule has 0 aliphatic carbocycles. The van der Waals surface area contributed by atoms with Crippen LogP contribution in [0, 0.1) is 6.92 Å². The number of hydrogen-bond acceptors (Lipinski definition) is 4. The summed E-state index contributed by atoms with van der Waals surface area (Å²) in [4.78, 5) is 12.0. The van der Waals surface area contributed by atoms with Crippen molar-refractivity contribution in [1.29, 1.82) is 0 Å². The minimum atomic E-state index is -0.114. The van der Waals surface area contributed by atoms with Crippen molar-refractivity contribution in [2.75, 3.05) is 27.4 Å². The van der Waals surface area contributed by atoms with Crippen LogP contribution in [0.3, 0.4) is 0 Å². The molecule has 0 aliphatic heterocycles. The van der Waals surface area contributed by atoms with Gasteiger partial charge in [0.05, 0.1) is 20.8 Å². The largest absolute Gasteiger partial charge is 0.496 e. The van der Waals surface area contributed by atoms with Gasteiger partial charge in [0.25, 0.3) is 5.91 Å². The first kappa shape index (κ1) is 16.7. The van der Waals surface area contributed by atoms with Gasteiger partial charge in [0.15, 0.2) is 0 Å². The Kier molecular flexibility index (Phi) is 5.86. The summed E-state index contributed by atoms with van der Waals surface area (Å²) < 4.78 is 16.0. The van der Waals surface area contributed by atoms with Gasteiger partial charge in [0, 0.05) is 23.8 Å². The van der Waals surface area contributed by atoms with E-state index in [0.717, 1.165) is 5.56 Å². The Morgan fingerprint density at radius 1 is 0.957 bits per heavy atom. The minimum absolute atomic E-state index is 0.114. The third-order valence-electron chi connectivity index (χ3n) is 3.30. The number of aryl methyl sites for hydroxylation is 1. The Morgan fingerprint density at radius 3 is 2.09 bits per heavy atom. The molecule has 0 radical (unpaired) electrons. The lowest BCUT2D eigenvalue weighted by Gasteiger charge is -2.11. The summed E-state index contributed by atoms with van der Waals surface area (Å²) in [5, 5.41) is 2.82. The topological polar surface area (TPSA) is 56.8 Å². The van der Waals surface area contributed by atoms with Crippen molar-refractivity contribution in [3.05, 3.63) is 53.6 Å². The fourth-order valence-electron chi connectivity index (χ4n) is 2.01. The van der Waals surface area contributed by atoms with Crippen molar-refractivity contribution in [1.82, 2.24) is 5.32 Å². The maximum Gasteiger partial charge on any atom is 0.251 e.